The van der Waals surface area contributed by atoms with Crippen LogP contribution in [0.5, 0.6) is 0 Å². The smallest absolute Gasteiger partial charge is 0.111 e. The molecule has 0 amide bonds. The molecule has 1 N–H and O–H groups in total. The number of piperidine rings is 1. The molecule has 0 aromatic carbocycles. The van der Waals surface area contributed by atoms with Crippen LogP contribution in [0.2, 0.25) is 0 Å². The van der Waals surface area contributed by atoms with Crippen LogP contribution in [-0.4, -0.2) is 40.3 Å². The quantitative estimate of drug-likeness (QED) is 0.899. The first-order valence-electron chi connectivity index (χ1n) is 6.92. The molecule has 102 valence electrons. The minimum absolute atomic E-state index is 0.414. The molecule has 5 nitrogen and oxygen atoms in total. The Morgan fingerprint density at radius 2 is 2.26 bits per heavy atom. The van der Waals surface area contributed by atoms with Crippen LogP contribution in [0.25, 0.3) is 11.0 Å². The van der Waals surface area contributed by atoms with E-state index in [9.17, 15) is 0 Å². The SMILES string of the molecule is Cn1c(CCOC2CCNCC2)nc2cnccc21. The number of rotatable bonds is 4. The fourth-order valence-electron chi connectivity index (χ4n) is 2.60. The summed E-state index contributed by atoms with van der Waals surface area (Å²) >= 11 is 0. The van der Waals surface area contributed by atoms with Crippen molar-refractivity contribution in [2.45, 2.75) is 25.4 Å². The molecule has 0 bridgehead atoms. The van der Waals surface area contributed by atoms with E-state index in [4.69, 9.17) is 4.74 Å². The van der Waals surface area contributed by atoms with E-state index in [0.29, 0.717) is 6.10 Å². The summed E-state index contributed by atoms with van der Waals surface area (Å²) in [5.74, 6) is 1.07. The molecule has 0 saturated carbocycles. The van der Waals surface area contributed by atoms with Crippen LogP contribution in [0.4, 0.5) is 0 Å². The molecule has 0 radical (unpaired) electrons. The van der Waals surface area contributed by atoms with E-state index in [-0.39, 0.29) is 0 Å². The van der Waals surface area contributed by atoms with Crippen LogP contribution in [0.15, 0.2) is 18.5 Å². The lowest BCUT2D eigenvalue weighted by Crippen LogP contribution is -2.32. The number of ether oxygens (including phenoxy) is 1. The maximum atomic E-state index is 5.93. The molecule has 0 aliphatic carbocycles. The Morgan fingerprint density at radius 3 is 3.05 bits per heavy atom. The summed E-state index contributed by atoms with van der Waals surface area (Å²) in [6.07, 6.45) is 7.12. The van der Waals surface area contributed by atoms with E-state index in [1.165, 1.54) is 0 Å². The lowest BCUT2D eigenvalue weighted by Gasteiger charge is -2.22. The van der Waals surface area contributed by atoms with Crippen molar-refractivity contribution in [1.82, 2.24) is 19.9 Å². The lowest BCUT2D eigenvalue weighted by atomic mass is 10.1. The number of imidazole rings is 1. The van der Waals surface area contributed by atoms with Gasteiger partial charge in [-0.1, -0.05) is 0 Å². The zero-order valence-corrected chi connectivity index (χ0v) is 11.3. The number of hydrogen-bond acceptors (Lipinski definition) is 4. The number of nitrogens with one attached hydrogen (secondary N) is 1. The molecule has 2 aromatic rings. The third kappa shape index (κ3) is 2.77. The Hall–Kier alpha value is -1.46. The average Bonchev–Trinajstić information content (AvgIpc) is 2.78. The molecule has 2 aromatic heterocycles. The number of pyridine rings is 1. The van der Waals surface area contributed by atoms with E-state index >= 15 is 0 Å². The second-order valence-electron chi connectivity index (χ2n) is 5.02. The van der Waals surface area contributed by atoms with E-state index in [0.717, 1.165) is 55.8 Å². The summed E-state index contributed by atoms with van der Waals surface area (Å²) in [6, 6.07) is 2.00. The van der Waals surface area contributed by atoms with Crippen LogP contribution in [0.1, 0.15) is 18.7 Å². The predicted octanol–water partition coefficient (Wildman–Crippen LogP) is 1.28. The second kappa shape index (κ2) is 5.67. The third-order valence-electron chi connectivity index (χ3n) is 3.74. The monoisotopic (exact) mass is 260 g/mol. The Kier molecular flexibility index (Phi) is 3.75. The van der Waals surface area contributed by atoms with Gasteiger partial charge in [0.05, 0.1) is 24.4 Å². The van der Waals surface area contributed by atoms with E-state index in [1.807, 2.05) is 12.3 Å². The van der Waals surface area contributed by atoms with Gasteiger partial charge in [-0.3, -0.25) is 4.98 Å². The minimum Gasteiger partial charge on any atom is -0.378 e. The van der Waals surface area contributed by atoms with Crippen LogP contribution in [0, 0.1) is 0 Å². The number of aromatic nitrogens is 3. The van der Waals surface area contributed by atoms with Gasteiger partial charge in [-0.25, -0.2) is 4.98 Å². The zero-order chi connectivity index (χ0) is 13.1. The van der Waals surface area contributed by atoms with E-state index in [1.54, 1.807) is 6.20 Å². The van der Waals surface area contributed by atoms with Crippen molar-refractivity contribution in [1.29, 1.82) is 0 Å². The largest absolute Gasteiger partial charge is 0.378 e. The van der Waals surface area contributed by atoms with Crippen molar-refractivity contribution in [2.75, 3.05) is 19.7 Å². The van der Waals surface area contributed by atoms with Gasteiger partial charge in [0.1, 0.15) is 11.3 Å². The highest BCUT2D eigenvalue weighted by Gasteiger charge is 2.14. The molecule has 3 rings (SSSR count). The zero-order valence-electron chi connectivity index (χ0n) is 11.3. The Morgan fingerprint density at radius 1 is 1.42 bits per heavy atom. The molecule has 19 heavy (non-hydrogen) atoms. The van der Waals surface area contributed by atoms with Gasteiger partial charge in [0.15, 0.2) is 0 Å². The second-order valence-corrected chi connectivity index (χ2v) is 5.02. The summed E-state index contributed by atoms with van der Waals surface area (Å²) in [7, 11) is 2.05. The van der Waals surface area contributed by atoms with Crippen LogP contribution >= 0.6 is 0 Å². The van der Waals surface area contributed by atoms with Gasteiger partial charge in [-0.15, -0.1) is 0 Å². The molecular formula is C14H20N4O. The summed E-state index contributed by atoms with van der Waals surface area (Å²) in [4.78, 5) is 8.71. The first-order chi connectivity index (χ1) is 9.34. The van der Waals surface area contributed by atoms with E-state index in [2.05, 4.69) is 26.9 Å². The molecule has 0 spiro atoms. The van der Waals surface area contributed by atoms with Gasteiger partial charge in [-0.2, -0.15) is 0 Å². The standard InChI is InChI=1S/C14H20N4O/c1-18-13-4-8-16-10-12(13)17-14(18)5-9-19-11-2-6-15-7-3-11/h4,8,10-11,15H,2-3,5-7,9H2,1H3. The number of fused-ring (bicyclic) bond motifs is 1. The maximum Gasteiger partial charge on any atom is 0.111 e. The Balaban J connectivity index is 1.60. The first-order valence-corrected chi connectivity index (χ1v) is 6.92. The Labute approximate surface area is 113 Å². The molecule has 5 heteroatoms. The van der Waals surface area contributed by atoms with Gasteiger partial charge in [0.25, 0.3) is 0 Å². The molecule has 0 atom stereocenters. The molecular weight excluding hydrogens is 240 g/mol. The topological polar surface area (TPSA) is 52.0 Å². The average molecular weight is 260 g/mol. The molecule has 1 fully saturated rings. The summed E-state index contributed by atoms with van der Waals surface area (Å²) in [6.45, 7) is 2.89. The first kappa shape index (κ1) is 12.6. The molecule has 0 unspecified atom stereocenters. The lowest BCUT2D eigenvalue weighted by molar-refractivity contribution is 0.0340. The third-order valence-corrected chi connectivity index (χ3v) is 3.74. The molecule has 1 aliphatic rings. The van der Waals surface area contributed by atoms with Gasteiger partial charge in [-0.05, 0) is 32.0 Å². The fourth-order valence-corrected chi connectivity index (χ4v) is 2.60. The maximum absolute atomic E-state index is 5.93. The van der Waals surface area contributed by atoms with Gasteiger partial charge in [0, 0.05) is 19.7 Å². The predicted molar refractivity (Wildman–Crippen MR) is 74.1 cm³/mol. The van der Waals surface area contributed by atoms with Crippen LogP contribution in [-0.2, 0) is 18.2 Å². The van der Waals surface area contributed by atoms with Crippen LogP contribution in [0.3, 0.4) is 0 Å². The summed E-state index contributed by atoms with van der Waals surface area (Å²) < 4.78 is 8.06. The minimum atomic E-state index is 0.414. The Bertz CT molecular complexity index is 545. The van der Waals surface area contributed by atoms with Crippen molar-refractivity contribution in [3.05, 3.63) is 24.3 Å². The summed E-state index contributed by atoms with van der Waals surface area (Å²) in [5.41, 5.74) is 2.09. The van der Waals surface area contributed by atoms with E-state index < -0.39 is 0 Å². The van der Waals surface area contributed by atoms with Gasteiger partial charge in [0.2, 0.25) is 0 Å². The van der Waals surface area contributed by atoms with Crippen molar-refractivity contribution >= 4 is 11.0 Å². The summed E-state index contributed by atoms with van der Waals surface area (Å²) in [5, 5.41) is 3.35. The van der Waals surface area contributed by atoms with Crippen molar-refractivity contribution in [3.63, 3.8) is 0 Å². The van der Waals surface area contributed by atoms with Gasteiger partial charge < -0.3 is 14.6 Å². The van der Waals surface area contributed by atoms with Crippen molar-refractivity contribution < 1.29 is 4.74 Å². The van der Waals surface area contributed by atoms with Crippen molar-refractivity contribution in [3.8, 4) is 0 Å². The number of hydrogen-bond donors (Lipinski definition) is 1. The van der Waals surface area contributed by atoms with Crippen LogP contribution < -0.4 is 5.32 Å². The molecule has 3 heterocycles. The highest BCUT2D eigenvalue weighted by atomic mass is 16.5. The number of nitrogens with zero attached hydrogens (tertiary/aromatic N) is 3. The highest BCUT2D eigenvalue weighted by molar-refractivity contribution is 5.74. The van der Waals surface area contributed by atoms with Gasteiger partial charge >= 0.3 is 0 Å². The molecule has 1 aliphatic heterocycles. The number of aryl methyl sites for hydroxylation is 1. The fraction of sp³-hybridized carbons (Fsp3) is 0.571. The highest BCUT2D eigenvalue weighted by Crippen LogP contribution is 2.14. The van der Waals surface area contributed by atoms with Crippen molar-refractivity contribution in [2.24, 2.45) is 7.05 Å². The normalized spacial score (nSPS) is 17.1. The molecule has 1 saturated heterocycles.